The Hall–Kier alpha value is -1.08. The van der Waals surface area contributed by atoms with E-state index in [1.54, 1.807) is 4.90 Å². The Labute approximate surface area is 84.1 Å². The highest BCUT2D eigenvalue weighted by Gasteiger charge is 2.29. The number of rotatable bonds is 3. The number of amides is 1. The summed E-state index contributed by atoms with van der Waals surface area (Å²) in [6.07, 6.45) is 1.68. The first-order valence-electron chi connectivity index (χ1n) is 5.05. The Morgan fingerprint density at radius 1 is 1.79 bits per heavy atom. The highest BCUT2D eigenvalue weighted by molar-refractivity contribution is 5.81. The number of hydrogen-bond acceptors (Lipinski definition) is 3. The molecule has 0 aromatic carbocycles. The molecule has 1 aliphatic heterocycles. The van der Waals surface area contributed by atoms with Gasteiger partial charge in [0.2, 0.25) is 5.91 Å². The molecule has 0 saturated carbocycles. The standard InChI is InChI=1S/C10H16N2O2/c1-2-3-8(6-11)10(14)12-5-4-9(13)7-12/h8-9,13H,2-5,7H2,1H3/t8?,9-/m0/s1. The molecule has 0 bridgehead atoms. The lowest BCUT2D eigenvalue weighted by atomic mass is 10.0. The quantitative estimate of drug-likeness (QED) is 0.715. The van der Waals surface area contributed by atoms with Crippen molar-refractivity contribution in [2.75, 3.05) is 13.1 Å². The van der Waals surface area contributed by atoms with E-state index < -0.39 is 12.0 Å². The Kier molecular flexibility index (Phi) is 3.90. The maximum Gasteiger partial charge on any atom is 0.240 e. The van der Waals surface area contributed by atoms with Gasteiger partial charge in [-0.3, -0.25) is 4.79 Å². The first-order valence-corrected chi connectivity index (χ1v) is 5.05. The molecular formula is C10H16N2O2. The summed E-state index contributed by atoms with van der Waals surface area (Å²) in [5, 5.41) is 18.0. The van der Waals surface area contributed by atoms with Gasteiger partial charge in [0.05, 0.1) is 12.2 Å². The number of aliphatic hydroxyl groups is 1. The number of carbonyl (C=O) groups excluding carboxylic acids is 1. The van der Waals surface area contributed by atoms with E-state index in [1.807, 2.05) is 13.0 Å². The maximum absolute atomic E-state index is 11.7. The fraction of sp³-hybridized carbons (Fsp3) is 0.800. The third kappa shape index (κ3) is 2.46. The van der Waals surface area contributed by atoms with Crippen LogP contribution in [0.3, 0.4) is 0 Å². The van der Waals surface area contributed by atoms with E-state index in [4.69, 9.17) is 5.26 Å². The molecule has 1 unspecified atom stereocenters. The van der Waals surface area contributed by atoms with Crippen molar-refractivity contribution in [3.63, 3.8) is 0 Å². The Morgan fingerprint density at radius 3 is 2.93 bits per heavy atom. The molecule has 78 valence electrons. The molecule has 1 rings (SSSR count). The summed E-state index contributed by atoms with van der Waals surface area (Å²) < 4.78 is 0. The molecule has 1 saturated heterocycles. The second kappa shape index (κ2) is 4.97. The molecule has 0 aliphatic carbocycles. The van der Waals surface area contributed by atoms with E-state index in [0.717, 1.165) is 6.42 Å². The fourth-order valence-corrected chi connectivity index (χ4v) is 1.69. The van der Waals surface area contributed by atoms with E-state index >= 15 is 0 Å². The van der Waals surface area contributed by atoms with Crippen LogP contribution in [0.5, 0.6) is 0 Å². The largest absolute Gasteiger partial charge is 0.391 e. The number of β-amino-alcohol motifs (C(OH)–C–C–N with tert-alkyl or cyclic N) is 1. The van der Waals surface area contributed by atoms with Crippen molar-refractivity contribution in [1.29, 1.82) is 5.26 Å². The van der Waals surface area contributed by atoms with E-state index in [9.17, 15) is 9.90 Å². The Bertz CT molecular complexity index is 247. The highest BCUT2D eigenvalue weighted by Crippen LogP contribution is 2.15. The van der Waals surface area contributed by atoms with Crippen LogP contribution < -0.4 is 0 Å². The van der Waals surface area contributed by atoms with Crippen molar-refractivity contribution in [1.82, 2.24) is 4.90 Å². The minimum atomic E-state index is -0.523. The van der Waals surface area contributed by atoms with E-state index in [0.29, 0.717) is 25.9 Å². The molecule has 0 aromatic rings. The van der Waals surface area contributed by atoms with E-state index in [2.05, 4.69) is 0 Å². The van der Waals surface area contributed by atoms with Gasteiger partial charge in [0, 0.05) is 13.1 Å². The lowest BCUT2D eigenvalue weighted by molar-refractivity contribution is -0.133. The molecule has 1 aliphatic rings. The third-order valence-corrected chi connectivity index (χ3v) is 2.51. The zero-order valence-corrected chi connectivity index (χ0v) is 8.44. The lowest BCUT2D eigenvalue weighted by Crippen LogP contribution is -2.34. The minimum absolute atomic E-state index is 0.120. The van der Waals surface area contributed by atoms with Crippen molar-refractivity contribution in [3.8, 4) is 6.07 Å². The van der Waals surface area contributed by atoms with Crippen LogP contribution in [0, 0.1) is 17.2 Å². The number of likely N-dealkylation sites (tertiary alicyclic amines) is 1. The van der Waals surface area contributed by atoms with Crippen LogP contribution in [0.25, 0.3) is 0 Å². The molecular weight excluding hydrogens is 180 g/mol. The number of nitriles is 1. The van der Waals surface area contributed by atoms with Crippen molar-refractivity contribution in [2.45, 2.75) is 32.3 Å². The van der Waals surface area contributed by atoms with Crippen LogP contribution in [-0.2, 0) is 4.79 Å². The molecule has 0 aromatic heterocycles. The van der Waals surface area contributed by atoms with Gasteiger partial charge in [-0.25, -0.2) is 0 Å². The van der Waals surface area contributed by atoms with Gasteiger partial charge in [-0.2, -0.15) is 5.26 Å². The second-order valence-corrected chi connectivity index (χ2v) is 3.70. The number of carbonyl (C=O) groups is 1. The van der Waals surface area contributed by atoms with Crippen molar-refractivity contribution in [3.05, 3.63) is 0 Å². The van der Waals surface area contributed by atoms with Gasteiger partial charge in [0.25, 0.3) is 0 Å². The molecule has 0 spiro atoms. The average Bonchev–Trinajstić information content (AvgIpc) is 2.60. The van der Waals surface area contributed by atoms with E-state index in [-0.39, 0.29) is 5.91 Å². The summed E-state index contributed by atoms with van der Waals surface area (Å²) in [4.78, 5) is 13.3. The van der Waals surface area contributed by atoms with Crippen LogP contribution in [0.1, 0.15) is 26.2 Å². The molecule has 0 radical (unpaired) electrons. The molecule has 1 fully saturated rings. The van der Waals surface area contributed by atoms with Gasteiger partial charge >= 0.3 is 0 Å². The Morgan fingerprint density at radius 2 is 2.50 bits per heavy atom. The Balaban J connectivity index is 2.51. The van der Waals surface area contributed by atoms with Gasteiger partial charge in [-0.15, -0.1) is 0 Å². The third-order valence-electron chi connectivity index (χ3n) is 2.51. The molecule has 4 heteroatoms. The van der Waals surface area contributed by atoms with Crippen LogP contribution in [-0.4, -0.2) is 35.1 Å². The average molecular weight is 196 g/mol. The predicted octanol–water partition coefficient (Wildman–Crippen LogP) is 0.519. The van der Waals surface area contributed by atoms with Gasteiger partial charge in [-0.05, 0) is 12.8 Å². The smallest absolute Gasteiger partial charge is 0.240 e. The predicted molar refractivity (Wildman–Crippen MR) is 51.2 cm³/mol. The number of nitrogens with zero attached hydrogens (tertiary/aromatic N) is 2. The normalized spacial score (nSPS) is 23.2. The number of hydrogen-bond donors (Lipinski definition) is 1. The van der Waals surface area contributed by atoms with Crippen LogP contribution in [0.2, 0.25) is 0 Å². The first kappa shape index (κ1) is 11.0. The highest BCUT2D eigenvalue weighted by atomic mass is 16.3. The molecule has 1 heterocycles. The molecule has 14 heavy (non-hydrogen) atoms. The molecule has 1 N–H and O–H groups in total. The first-order chi connectivity index (χ1) is 6.69. The van der Waals surface area contributed by atoms with E-state index in [1.165, 1.54) is 0 Å². The van der Waals surface area contributed by atoms with Crippen LogP contribution in [0.15, 0.2) is 0 Å². The summed E-state index contributed by atoms with van der Waals surface area (Å²) in [5.41, 5.74) is 0. The number of aliphatic hydroxyl groups excluding tert-OH is 1. The van der Waals surface area contributed by atoms with Gasteiger partial charge < -0.3 is 10.0 Å². The summed E-state index contributed by atoms with van der Waals surface area (Å²) in [6, 6.07) is 2.02. The molecule has 1 amide bonds. The second-order valence-electron chi connectivity index (χ2n) is 3.70. The zero-order valence-electron chi connectivity index (χ0n) is 8.44. The fourth-order valence-electron chi connectivity index (χ4n) is 1.69. The summed E-state index contributed by atoms with van der Waals surface area (Å²) >= 11 is 0. The van der Waals surface area contributed by atoms with Crippen molar-refractivity contribution < 1.29 is 9.90 Å². The topological polar surface area (TPSA) is 64.3 Å². The molecule has 2 atom stereocenters. The van der Waals surface area contributed by atoms with Crippen molar-refractivity contribution in [2.24, 2.45) is 5.92 Å². The summed E-state index contributed by atoms with van der Waals surface area (Å²) in [7, 11) is 0. The SMILES string of the molecule is CCCC(C#N)C(=O)N1CC[C@H](O)C1. The van der Waals surface area contributed by atoms with Gasteiger partial charge in [0.1, 0.15) is 5.92 Å². The summed E-state index contributed by atoms with van der Waals surface area (Å²) in [5.74, 6) is -0.642. The maximum atomic E-state index is 11.7. The van der Waals surface area contributed by atoms with Gasteiger partial charge in [-0.1, -0.05) is 13.3 Å². The monoisotopic (exact) mass is 196 g/mol. The van der Waals surface area contributed by atoms with Gasteiger partial charge in [0.15, 0.2) is 0 Å². The zero-order chi connectivity index (χ0) is 10.6. The lowest BCUT2D eigenvalue weighted by Gasteiger charge is -2.18. The van der Waals surface area contributed by atoms with Crippen LogP contribution >= 0.6 is 0 Å². The minimum Gasteiger partial charge on any atom is -0.391 e. The summed E-state index contributed by atoms with van der Waals surface area (Å²) in [6.45, 7) is 2.93. The van der Waals surface area contributed by atoms with Crippen molar-refractivity contribution >= 4 is 5.91 Å². The van der Waals surface area contributed by atoms with Crippen LogP contribution in [0.4, 0.5) is 0 Å². The molecule has 4 nitrogen and oxygen atoms in total.